The molecule has 3 N–H and O–H groups in total. The number of aromatic nitrogens is 2. The molecule has 1 amide bonds. The molecular weight excluding hydrogens is 230 g/mol. The van der Waals surface area contributed by atoms with E-state index in [0.717, 1.165) is 6.20 Å². The van der Waals surface area contributed by atoms with E-state index in [0.29, 0.717) is 0 Å². The molecule has 0 fully saturated rings. The van der Waals surface area contributed by atoms with Crippen LogP contribution in [0.4, 0.5) is 5.82 Å². The highest BCUT2D eigenvalue weighted by Gasteiger charge is 2.17. The molecule has 0 radical (unpaired) electrons. The lowest BCUT2D eigenvalue weighted by Gasteiger charge is -2.05. The summed E-state index contributed by atoms with van der Waals surface area (Å²) in [5.41, 5.74) is -0.142. The quantitative estimate of drug-likeness (QED) is 0.662. The molecule has 17 heavy (non-hydrogen) atoms. The van der Waals surface area contributed by atoms with Crippen molar-refractivity contribution >= 4 is 23.7 Å². The Kier molecular flexibility index (Phi) is 3.81. The van der Waals surface area contributed by atoms with Crippen LogP contribution in [0, 0.1) is 0 Å². The summed E-state index contributed by atoms with van der Waals surface area (Å²) in [5, 5.41) is 23.2. The maximum Gasteiger partial charge on any atom is 0.341 e. The van der Waals surface area contributed by atoms with Gasteiger partial charge in [0.25, 0.3) is 0 Å². The maximum atomic E-state index is 11.3. The third-order valence-electron chi connectivity index (χ3n) is 1.99. The second-order valence-electron chi connectivity index (χ2n) is 3.28. The third kappa shape index (κ3) is 3.30. The Hall–Kier alpha value is -2.38. The number of nitrogens with zero attached hydrogens (tertiary/aromatic N) is 2. The lowest BCUT2D eigenvalue weighted by Crippen LogP contribution is -2.17. The molecule has 0 atom stereocenters. The van der Waals surface area contributed by atoms with Gasteiger partial charge < -0.3 is 15.5 Å². The smallest absolute Gasteiger partial charge is 0.341 e. The van der Waals surface area contributed by atoms with Crippen LogP contribution in [0.2, 0.25) is 0 Å². The van der Waals surface area contributed by atoms with Gasteiger partial charge in [0, 0.05) is 13.5 Å². The van der Waals surface area contributed by atoms with Crippen LogP contribution >= 0.6 is 0 Å². The summed E-state index contributed by atoms with van der Waals surface area (Å²) in [7, 11) is 1.47. The average molecular weight is 241 g/mol. The molecule has 0 unspecified atom stereocenters. The van der Waals surface area contributed by atoms with Crippen LogP contribution in [0.1, 0.15) is 23.2 Å². The summed E-state index contributed by atoms with van der Waals surface area (Å²) in [6, 6.07) is 0. The van der Waals surface area contributed by atoms with E-state index in [1.165, 1.54) is 11.7 Å². The first-order valence-corrected chi connectivity index (χ1v) is 4.68. The van der Waals surface area contributed by atoms with Crippen LogP contribution < -0.4 is 5.32 Å². The molecule has 8 heteroatoms. The standard InChI is InChI=1S/C9H11N3O5/c1-12-8(5(4-10-12)9(16)17)11-6(13)2-3-7(14)15/h4H,2-3H2,1H3,(H,11,13)(H,14,15)(H,16,17). The summed E-state index contributed by atoms with van der Waals surface area (Å²) in [6.07, 6.45) is 0.570. The van der Waals surface area contributed by atoms with Gasteiger partial charge in [-0.05, 0) is 0 Å². The molecule has 0 aliphatic heterocycles. The molecule has 0 saturated heterocycles. The number of carboxylic acid groups (broad SMARTS) is 2. The summed E-state index contributed by atoms with van der Waals surface area (Å²) >= 11 is 0. The largest absolute Gasteiger partial charge is 0.481 e. The van der Waals surface area contributed by atoms with Crippen LogP contribution in [0.5, 0.6) is 0 Å². The Morgan fingerprint density at radius 3 is 2.53 bits per heavy atom. The van der Waals surface area contributed by atoms with Gasteiger partial charge in [-0.15, -0.1) is 0 Å². The van der Waals surface area contributed by atoms with Gasteiger partial charge in [-0.25, -0.2) is 4.79 Å². The molecular formula is C9H11N3O5. The number of nitrogens with one attached hydrogen (secondary N) is 1. The summed E-state index contributed by atoms with van der Waals surface area (Å²) < 4.78 is 1.20. The van der Waals surface area contributed by atoms with Crippen molar-refractivity contribution in [3.8, 4) is 0 Å². The van der Waals surface area contributed by atoms with Crippen molar-refractivity contribution in [3.05, 3.63) is 11.8 Å². The number of carboxylic acids is 2. The van der Waals surface area contributed by atoms with Gasteiger partial charge in [0.2, 0.25) is 5.91 Å². The summed E-state index contributed by atoms with van der Waals surface area (Å²) in [4.78, 5) is 32.4. The number of rotatable bonds is 5. The number of hydrogen-bond acceptors (Lipinski definition) is 4. The van der Waals surface area contributed by atoms with Crippen LogP contribution in [-0.2, 0) is 16.6 Å². The number of aryl methyl sites for hydroxylation is 1. The number of amides is 1. The van der Waals surface area contributed by atoms with Gasteiger partial charge in [0.15, 0.2) is 0 Å². The Labute approximate surface area is 95.9 Å². The Balaban J connectivity index is 2.74. The topological polar surface area (TPSA) is 122 Å². The predicted octanol–water partition coefficient (Wildman–Crippen LogP) is -0.0784. The molecule has 0 aliphatic carbocycles. The minimum absolute atomic E-state index is 0.0351. The molecule has 8 nitrogen and oxygen atoms in total. The van der Waals surface area contributed by atoms with Gasteiger partial charge in [0.1, 0.15) is 11.4 Å². The number of hydrogen-bond donors (Lipinski definition) is 3. The highest BCUT2D eigenvalue weighted by atomic mass is 16.4. The van der Waals surface area contributed by atoms with Crippen molar-refractivity contribution in [2.45, 2.75) is 12.8 Å². The first-order valence-electron chi connectivity index (χ1n) is 4.68. The van der Waals surface area contributed by atoms with Crippen molar-refractivity contribution in [1.29, 1.82) is 0 Å². The third-order valence-corrected chi connectivity index (χ3v) is 1.99. The van der Waals surface area contributed by atoms with Crippen LogP contribution in [0.3, 0.4) is 0 Å². The van der Waals surface area contributed by atoms with Crippen molar-refractivity contribution < 1.29 is 24.6 Å². The van der Waals surface area contributed by atoms with Gasteiger partial charge >= 0.3 is 11.9 Å². The fourth-order valence-corrected chi connectivity index (χ4v) is 1.16. The molecule has 0 saturated carbocycles. The zero-order valence-corrected chi connectivity index (χ0v) is 9.01. The fraction of sp³-hybridized carbons (Fsp3) is 0.333. The van der Waals surface area contributed by atoms with Crippen LogP contribution in [0.15, 0.2) is 6.20 Å². The normalized spacial score (nSPS) is 9.94. The molecule has 0 bridgehead atoms. The molecule has 0 aromatic carbocycles. The van der Waals surface area contributed by atoms with E-state index >= 15 is 0 Å². The highest BCUT2D eigenvalue weighted by Crippen LogP contribution is 2.14. The zero-order valence-electron chi connectivity index (χ0n) is 9.01. The zero-order chi connectivity index (χ0) is 13.0. The Bertz CT molecular complexity index is 465. The van der Waals surface area contributed by atoms with E-state index in [1.54, 1.807) is 0 Å². The lowest BCUT2D eigenvalue weighted by atomic mass is 10.3. The Morgan fingerprint density at radius 2 is 2.00 bits per heavy atom. The van der Waals surface area contributed by atoms with E-state index in [9.17, 15) is 14.4 Å². The molecule has 1 aromatic rings. The SMILES string of the molecule is Cn1ncc(C(=O)O)c1NC(=O)CCC(=O)O. The van der Waals surface area contributed by atoms with Gasteiger partial charge in [-0.1, -0.05) is 0 Å². The van der Waals surface area contributed by atoms with E-state index < -0.39 is 17.8 Å². The number of carbonyl (C=O) groups is 3. The maximum absolute atomic E-state index is 11.3. The Morgan fingerprint density at radius 1 is 1.35 bits per heavy atom. The molecule has 1 aromatic heterocycles. The van der Waals surface area contributed by atoms with Crippen molar-refractivity contribution in [2.24, 2.45) is 7.05 Å². The van der Waals surface area contributed by atoms with Gasteiger partial charge in [0.05, 0.1) is 12.6 Å². The first kappa shape index (κ1) is 12.7. The minimum atomic E-state index is -1.22. The highest BCUT2D eigenvalue weighted by molar-refractivity contribution is 5.99. The number of aromatic carboxylic acids is 1. The van der Waals surface area contributed by atoms with Crippen LogP contribution in [-0.4, -0.2) is 37.8 Å². The van der Waals surface area contributed by atoms with E-state index in [1.807, 2.05) is 0 Å². The molecule has 0 spiro atoms. The average Bonchev–Trinajstić information content (AvgIpc) is 2.58. The van der Waals surface area contributed by atoms with Crippen LogP contribution in [0.25, 0.3) is 0 Å². The van der Waals surface area contributed by atoms with E-state index in [4.69, 9.17) is 10.2 Å². The second-order valence-corrected chi connectivity index (χ2v) is 3.28. The second kappa shape index (κ2) is 5.10. The minimum Gasteiger partial charge on any atom is -0.481 e. The molecule has 1 rings (SSSR count). The van der Waals surface area contributed by atoms with Gasteiger partial charge in [-0.2, -0.15) is 5.10 Å². The summed E-state index contributed by atoms with van der Waals surface area (Å²) in [6.45, 7) is 0. The first-order chi connectivity index (χ1) is 7.91. The molecule has 0 aliphatic rings. The number of carbonyl (C=O) groups excluding carboxylic acids is 1. The monoisotopic (exact) mass is 241 g/mol. The fourth-order valence-electron chi connectivity index (χ4n) is 1.16. The van der Waals surface area contributed by atoms with Crippen molar-refractivity contribution in [1.82, 2.24) is 9.78 Å². The number of anilines is 1. The van der Waals surface area contributed by atoms with Crippen molar-refractivity contribution in [3.63, 3.8) is 0 Å². The lowest BCUT2D eigenvalue weighted by molar-refractivity contribution is -0.138. The van der Waals surface area contributed by atoms with E-state index in [2.05, 4.69) is 10.4 Å². The van der Waals surface area contributed by atoms with Gasteiger partial charge in [-0.3, -0.25) is 14.3 Å². The predicted molar refractivity (Wildman–Crippen MR) is 55.7 cm³/mol. The number of aliphatic carboxylic acids is 1. The molecule has 1 heterocycles. The van der Waals surface area contributed by atoms with Crippen molar-refractivity contribution in [2.75, 3.05) is 5.32 Å². The molecule has 92 valence electrons. The summed E-state index contributed by atoms with van der Waals surface area (Å²) in [5.74, 6) is -2.85. The van der Waals surface area contributed by atoms with E-state index in [-0.39, 0.29) is 24.2 Å².